The van der Waals surface area contributed by atoms with E-state index in [4.69, 9.17) is 10.8 Å². The molecule has 0 aliphatic carbocycles. The number of carbonyl (C=O) groups excluding carboxylic acids is 3. The highest BCUT2D eigenvalue weighted by atomic mass is 32.1. The number of nitrogens with two attached hydrogens (primary N) is 1. The molecule has 0 aliphatic rings. The smallest absolute Gasteiger partial charge is 0.327 e. The molecule has 1 aromatic carbocycles. The number of carbonyl (C=O) groups is 5. The maximum Gasteiger partial charge on any atom is 0.327 e. The topological polar surface area (TPSA) is 237 Å². The Balaban J connectivity index is 2.22. The third-order valence-corrected chi connectivity index (χ3v) is 5.51. The zero-order valence-corrected chi connectivity index (χ0v) is 20.4. The van der Waals surface area contributed by atoms with Gasteiger partial charge in [-0.25, -0.2) is 9.78 Å². The number of nitrogens with zero attached hydrogens (tertiary/aromatic N) is 1. The van der Waals surface area contributed by atoms with Gasteiger partial charge in [-0.1, -0.05) is 12.1 Å². The van der Waals surface area contributed by atoms with Crippen LogP contribution in [-0.4, -0.2) is 84.9 Å². The number of carboxylic acids is 2. The molecule has 37 heavy (non-hydrogen) atoms. The number of aromatic amines is 1. The minimum atomic E-state index is -1.65. The average Bonchev–Trinajstić information content (AvgIpc) is 3.35. The molecule has 0 aliphatic heterocycles. The van der Waals surface area contributed by atoms with Crippen molar-refractivity contribution >= 4 is 42.3 Å². The first-order chi connectivity index (χ1) is 17.5. The number of aliphatic carboxylic acids is 2. The van der Waals surface area contributed by atoms with E-state index in [0.717, 1.165) is 0 Å². The number of carboxylic acid groups (broad SMARTS) is 2. The average molecular weight is 537 g/mol. The van der Waals surface area contributed by atoms with Crippen LogP contribution >= 0.6 is 12.6 Å². The summed E-state index contributed by atoms with van der Waals surface area (Å²) in [6.45, 7) is 0. The predicted octanol–water partition coefficient (Wildman–Crippen LogP) is -1.83. The van der Waals surface area contributed by atoms with Crippen molar-refractivity contribution in [3.8, 4) is 5.75 Å². The van der Waals surface area contributed by atoms with E-state index < -0.39 is 60.2 Å². The van der Waals surface area contributed by atoms with Crippen LogP contribution in [0.5, 0.6) is 5.75 Å². The van der Waals surface area contributed by atoms with Crippen LogP contribution in [0.4, 0.5) is 0 Å². The van der Waals surface area contributed by atoms with Crippen LogP contribution in [0.2, 0.25) is 0 Å². The Morgan fingerprint density at radius 1 is 0.919 bits per heavy atom. The van der Waals surface area contributed by atoms with Gasteiger partial charge in [0.1, 0.15) is 23.9 Å². The number of nitrogens with one attached hydrogen (secondary N) is 4. The van der Waals surface area contributed by atoms with E-state index in [2.05, 4.69) is 38.5 Å². The fraction of sp³-hybridized carbons (Fsp3) is 0.364. The van der Waals surface area contributed by atoms with Crippen molar-refractivity contribution in [2.45, 2.75) is 43.4 Å². The molecule has 3 amide bonds. The van der Waals surface area contributed by atoms with Crippen LogP contribution in [0.15, 0.2) is 36.8 Å². The van der Waals surface area contributed by atoms with Gasteiger partial charge in [-0.15, -0.1) is 0 Å². The number of H-pyrrole nitrogens is 1. The lowest BCUT2D eigenvalue weighted by molar-refractivity contribution is -0.143. The molecule has 14 nitrogen and oxygen atoms in total. The molecule has 9 N–H and O–H groups in total. The summed E-state index contributed by atoms with van der Waals surface area (Å²) in [5, 5.41) is 34.7. The van der Waals surface area contributed by atoms with Crippen molar-refractivity contribution in [2.75, 3.05) is 5.75 Å². The maximum atomic E-state index is 13.1. The molecule has 2 aromatic rings. The van der Waals surface area contributed by atoms with Gasteiger partial charge in [-0.05, 0) is 17.7 Å². The van der Waals surface area contributed by atoms with Crippen molar-refractivity contribution in [3.63, 3.8) is 0 Å². The van der Waals surface area contributed by atoms with Gasteiger partial charge in [0.15, 0.2) is 0 Å². The summed E-state index contributed by atoms with van der Waals surface area (Å²) in [6.07, 6.45) is 2.04. The lowest BCUT2D eigenvalue weighted by Gasteiger charge is -2.24. The molecular weight excluding hydrogens is 508 g/mol. The van der Waals surface area contributed by atoms with Crippen molar-refractivity contribution in [1.29, 1.82) is 0 Å². The summed E-state index contributed by atoms with van der Waals surface area (Å²) in [4.78, 5) is 67.7. The Morgan fingerprint density at radius 3 is 2.05 bits per heavy atom. The first kappa shape index (κ1) is 29.1. The summed E-state index contributed by atoms with van der Waals surface area (Å²) in [5.41, 5.74) is 7.06. The minimum Gasteiger partial charge on any atom is -0.508 e. The highest BCUT2D eigenvalue weighted by Gasteiger charge is 2.31. The number of rotatable bonds is 14. The lowest BCUT2D eigenvalue weighted by atomic mass is 10.0. The van der Waals surface area contributed by atoms with E-state index in [1.54, 1.807) is 0 Å². The Kier molecular flexibility index (Phi) is 10.9. The molecule has 2 rings (SSSR count). The van der Waals surface area contributed by atoms with E-state index in [1.807, 2.05) is 0 Å². The Morgan fingerprint density at radius 2 is 1.51 bits per heavy atom. The van der Waals surface area contributed by atoms with Crippen LogP contribution < -0.4 is 21.7 Å². The first-order valence-corrected chi connectivity index (χ1v) is 11.6. The summed E-state index contributed by atoms with van der Waals surface area (Å²) in [6, 6.07) is 0.340. The number of benzene rings is 1. The molecule has 1 aromatic heterocycles. The van der Waals surface area contributed by atoms with E-state index in [0.29, 0.717) is 11.3 Å². The molecule has 0 radical (unpaired) electrons. The third kappa shape index (κ3) is 9.46. The largest absolute Gasteiger partial charge is 0.508 e. The minimum absolute atomic E-state index is 0.0225. The number of thiol groups is 1. The van der Waals surface area contributed by atoms with Crippen molar-refractivity contribution < 1.29 is 39.3 Å². The second kappa shape index (κ2) is 13.8. The SMILES string of the molecule is NC(Cc1cnc[nH]1)C(=O)NC(Cc1ccc(O)cc1)C(=O)NC(CC(=O)O)C(=O)NC(CS)C(=O)O. The molecule has 0 bridgehead atoms. The molecule has 0 spiro atoms. The second-order valence-electron chi connectivity index (χ2n) is 8.06. The number of aromatic hydroxyl groups is 1. The van der Waals surface area contributed by atoms with Crippen LogP contribution in [0.3, 0.4) is 0 Å². The van der Waals surface area contributed by atoms with Crippen molar-refractivity contribution in [3.05, 3.63) is 48.0 Å². The van der Waals surface area contributed by atoms with Crippen molar-refractivity contribution in [1.82, 2.24) is 25.9 Å². The van der Waals surface area contributed by atoms with E-state index in [1.165, 1.54) is 36.8 Å². The van der Waals surface area contributed by atoms with Gasteiger partial charge in [-0.3, -0.25) is 19.2 Å². The Hall–Kier alpha value is -4.11. The van der Waals surface area contributed by atoms with Gasteiger partial charge in [0.25, 0.3) is 0 Å². The normalized spacial score (nSPS) is 14.0. The summed E-state index contributed by atoms with van der Waals surface area (Å²) >= 11 is 3.84. The van der Waals surface area contributed by atoms with Crippen LogP contribution in [0.25, 0.3) is 0 Å². The van der Waals surface area contributed by atoms with Gasteiger partial charge in [0.05, 0.1) is 18.8 Å². The number of phenols is 1. The highest BCUT2D eigenvalue weighted by Crippen LogP contribution is 2.12. The molecule has 4 unspecified atom stereocenters. The molecule has 15 heteroatoms. The van der Waals surface area contributed by atoms with Crippen LogP contribution in [0.1, 0.15) is 17.7 Å². The number of phenolic OH excluding ortho intramolecular Hbond substituents is 1. The summed E-state index contributed by atoms with van der Waals surface area (Å²) in [7, 11) is 0. The Labute approximate surface area is 216 Å². The van der Waals surface area contributed by atoms with Gasteiger partial charge in [0, 0.05) is 30.5 Å². The molecule has 4 atom stereocenters. The number of hydrogen-bond acceptors (Lipinski definition) is 9. The van der Waals surface area contributed by atoms with Crippen molar-refractivity contribution in [2.24, 2.45) is 5.73 Å². The summed E-state index contributed by atoms with van der Waals surface area (Å²) < 4.78 is 0. The maximum absolute atomic E-state index is 13.1. The lowest BCUT2D eigenvalue weighted by Crippen LogP contribution is -2.58. The van der Waals surface area contributed by atoms with Gasteiger partial charge >= 0.3 is 11.9 Å². The number of hydrogen-bond donors (Lipinski definition) is 9. The monoisotopic (exact) mass is 536 g/mol. The molecular formula is C22H28N6O8S. The molecule has 0 saturated heterocycles. The quantitative estimate of drug-likeness (QED) is 0.122. The molecule has 1 heterocycles. The highest BCUT2D eigenvalue weighted by molar-refractivity contribution is 7.80. The second-order valence-corrected chi connectivity index (χ2v) is 8.43. The zero-order chi connectivity index (χ0) is 27.5. The van der Waals surface area contributed by atoms with Gasteiger partial charge in [0.2, 0.25) is 17.7 Å². The van der Waals surface area contributed by atoms with Gasteiger partial charge < -0.3 is 42.0 Å². The predicted molar refractivity (Wildman–Crippen MR) is 132 cm³/mol. The zero-order valence-electron chi connectivity index (χ0n) is 19.5. The number of amides is 3. The van der Waals surface area contributed by atoms with E-state index >= 15 is 0 Å². The Bertz CT molecular complexity index is 1100. The fourth-order valence-corrected chi connectivity index (χ4v) is 3.44. The molecule has 200 valence electrons. The van der Waals surface area contributed by atoms with E-state index in [9.17, 15) is 34.2 Å². The third-order valence-electron chi connectivity index (χ3n) is 5.15. The number of imidazole rings is 1. The molecule has 0 fully saturated rings. The molecule has 0 saturated carbocycles. The standard InChI is InChI=1S/C22H28N6O8S/c23-14(6-12-8-24-10-25-12)19(32)26-15(5-11-1-3-13(29)4-2-11)20(33)27-16(7-18(30)31)21(34)28-17(9-37)22(35)36/h1-4,8,10,14-17,29,37H,5-7,9,23H2,(H,24,25)(H,26,32)(H,27,33)(H,28,34)(H,30,31)(H,35,36). The van der Waals surface area contributed by atoms with Crippen LogP contribution in [0, 0.1) is 0 Å². The van der Waals surface area contributed by atoms with Gasteiger partial charge in [-0.2, -0.15) is 12.6 Å². The summed E-state index contributed by atoms with van der Waals surface area (Å²) in [5.74, 6) is -5.79. The van der Waals surface area contributed by atoms with E-state index in [-0.39, 0.29) is 24.3 Å². The first-order valence-electron chi connectivity index (χ1n) is 11.0. The number of aromatic nitrogens is 2. The van der Waals surface area contributed by atoms with Crippen LogP contribution in [-0.2, 0) is 36.8 Å². The fourth-order valence-electron chi connectivity index (χ4n) is 3.20.